The van der Waals surface area contributed by atoms with E-state index < -0.39 is 0 Å². The predicted octanol–water partition coefficient (Wildman–Crippen LogP) is 2.72. The highest BCUT2D eigenvalue weighted by atomic mass is 14.9. The van der Waals surface area contributed by atoms with E-state index in [1.807, 2.05) is 0 Å². The topological polar surface area (TPSA) is 12.0 Å². The van der Waals surface area contributed by atoms with E-state index in [0.29, 0.717) is 5.41 Å². The molecule has 1 saturated carbocycles. The van der Waals surface area contributed by atoms with E-state index in [2.05, 4.69) is 42.6 Å². The van der Waals surface area contributed by atoms with Gasteiger partial charge in [-0.2, -0.15) is 0 Å². The summed E-state index contributed by atoms with van der Waals surface area (Å²) in [6.07, 6.45) is 3.94. The molecule has 0 bridgehead atoms. The third-order valence-electron chi connectivity index (χ3n) is 3.13. The van der Waals surface area contributed by atoms with Gasteiger partial charge in [-0.25, -0.2) is 0 Å². The van der Waals surface area contributed by atoms with Gasteiger partial charge < -0.3 is 5.32 Å². The van der Waals surface area contributed by atoms with Crippen LogP contribution in [0.2, 0.25) is 0 Å². The van der Waals surface area contributed by atoms with Crippen molar-refractivity contribution < 1.29 is 0 Å². The van der Waals surface area contributed by atoms with Crippen LogP contribution in [0.4, 0.5) is 0 Å². The van der Waals surface area contributed by atoms with E-state index in [4.69, 9.17) is 0 Å². The van der Waals surface area contributed by atoms with Crippen LogP contribution in [0.3, 0.4) is 0 Å². The van der Waals surface area contributed by atoms with Crippen LogP contribution in [0.15, 0.2) is 30.3 Å². The van der Waals surface area contributed by atoms with Crippen LogP contribution in [-0.2, 0) is 5.41 Å². The summed E-state index contributed by atoms with van der Waals surface area (Å²) in [5.41, 5.74) is 2.00. The van der Waals surface area contributed by atoms with E-state index in [1.165, 1.54) is 24.8 Å². The summed E-state index contributed by atoms with van der Waals surface area (Å²) < 4.78 is 0. The lowest BCUT2D eigenvalue weighted by Gasteiger charge is -2.16. The van der Waals surface area contributed by atoms with E-state index in [0.717, 1.165) is 13.1 Å². The van der Waals surface area contributed by atoms with Crippen molar-refractivity contribution in [3.05, 3.63) is 35.9 Å². The Hall–Kier alpha value is -0.820. The number of hydrogen-bond acceptors (Lipinski definition) is 1. The van der Waals surface area contributed by atoms with Gasteiger partial charge in [-0.1, -0.05) is 37.3 Å². The van der Waals surface area contributed by atoms with Crippen LogP contribution in [0, 0.1) is 0 Å². The summed E-state index contributed by atoms with van der Waals surface area (Å²) in [5, 5.41) is 3.54. The van der Waals surface area contributed by atoms with Crippen molar-refractivity contribution in [1.29, 1.82) is 0 Å². The van der Waals surface area contributed by atoms with Crippen molar-refractivity contribution in [2.24, 2.45) is 0 Å². The zero-order chi connectivity index (χ0) is 9.86. The molecule has 0 unspecified atom stereocenters. The lowest BCUT2D eigenvalue weighted by atomic mass is 9.96. The average Bonchev–Trinajstić information content (AvgIpc) is 3.01. The molecule has 1 nitrogen and oxygen atoms in total. The molecule has 0 spiro atoms. The first-order valence-corrected chi connectivity index (χ1v) is 5.64. The third-order valence-corrected chi connectivity index (χ3v) is 3.13. The summed E-state index contributed by atoms with van der Waals surface area (Å²) in [5.74, 6) is 0. The molecule has 1 aromatic rings. The maximum atomic E-state index is 3.54. The fraction of sp³-hybridized carbons (Fsp3) is 0.538. The molecule has 14 heavy (non-hydrogen) atoms. The second kappa shape index (κ2) is 4.14. The first kappa shape index (κ1) is 9.72. The standard InChI is InChI=1S/C13H19N/c1-2-10-14-11-13(8-9-13)12-6-4-3-5-7-12/h3-7,14H,2,8-11H2,1H3. The highest BCUT2D eigenvalue weighted by molar-refractivity contribution is 5.31. The Morgan fingerprint density at radius 2 is 1.93 bits per heavy atom. The van der Waals surface area contributed by atoms with Crippen LogP contribution in [0.5, 0.6) is 0 Å². The van der Waals surface area contributed by atoms with Gasteiger partial charge in [-0.3, -0.25) is 0 Å². The Balaban J connectivity index is 1.96. The molecule has 0 aliphatic heterocycles. The molecular formula is C13H19N. The molecular weight excluding hydrogens is 170 g/mol. The van der Waals surface area contributed by atoms with Crippen molar-refractivity contribution in [3.8, 4) is 0 Å². The lowest BCUT2D eigenvalue weighted by molar-refractivity contribution is 0.571. The van der Waals surface area contributed by atoms with Gasteiger partial charge in [0.1, 0.15) is 0 Å². The minimum atomic E-state index is 0.483. The van der Waals surface area contributed by atoms with Crippen LogP contribution < -0.4 is 5.32 Å². The molecule has 0 heterocycles. The molecule has 1 aliphatic rings. The maximum absolute atomic E-state index is 3.54. The van der Waals surface area contributed by atoms with Gasteiger partial charge in [-0.15, -0.1) is 0 Å². The molecule has 1 heteroatoms. The minimum Gasteiger partial charge on any atom is -0.316 e. The van der Waals surface area contributed by atoms with Gasteiger partial charge in [0.05, 0.1) is 0 Å². The number of hydrogen-bond donors (Lipinski definition) is 1. The quantitative estimate of drug-likeness (QED) is 0.702. The van der Waals surface area contributed by atoms with Gasteiger partial charge in [0, 0.05) is 12.0 Å². The van der Waals surface area contributed by atoms with Gasteiger partial charge in [0.15, 0.2) is 0 Å². The SMILES string of the molecule is CCCNCC1(c2ccccc2)CC1. The first-order chi connectivity index (χ1) is 6.87. The Kier molecular flexibility index (Phi) is 2.87. The number of benzene rings is 1. The normalized spacial score (nSPS) is 18.1. The fourth-order valence-electron chi connectivity index (χ4n) is 2.01. The summed E-state index contributed by atoms with van der Waals surface area (Å²) in [6, 6.07) is 10.9. The minimum absolute atomic E-state index is 0.483. The fourth-order valence-corrected chi connectivity index (χ4v) is 2.01. The molecule has 2 rings (SSSR count). The second-order valence-electron chi connectivity index (χ2n) is 4.32. The molecule has 0 atom stereocenters. The molecule has 1 aliphatic carbocycles. The zero-order valence-corrected chi connectivity index (χ0v) is 8.92. The van der Waals surface area contributed by atoms with E-state index >= 15 is 0 Å². The second-order valence-corrected chi connectivity index (χ2v) is 4.32. The molecule has 0 saturated heterocycles. The van der Waals surface area contributed by atoms with Crippen molar-refractivity contribution in [2.75, 3.05) is 13.1 Å². The monoisotopic (exact) mass is 189 g/mol. The number of nitrogens with one attached hydrogen (secondary N) is 1. The van der Waals surface area contributed by atoms with Crippen molar-refractivity contribution in [1.82, 2.24) is 5.32 Å². The van der Waals surface area contributed by atoms with Gasteiger partial charge in [0.25, 0.3) is 0 Å². The molecule has 1 fully saturated rings. The molecule has 0 amide bonds. The Morgan fingerprint density at radius 1 is 1.21 bits per heavy atom. The Bertz CT molecular complexity index is 275. The smallest absolute Gasteiger partial charge is 0.00784 e. The van der Waals surface area contributed by atoms with Crippen molar-refractivity contribution >= 4 is 0 Å². The first-order valence-electron chi connectivity index (χ1n) is 5.64. The van der Waals surface area contributed by atoms with Crippen molar-refractivity contribution in [2.45, 2.75) is 31.6 Å². The molecule has 0 aromatic heterocycles. The molecule has 1 N–H and O–H groups in total. The van der Waals surface area contributed by atoms with Gasteiger partial charge >= 0.3 is 0 Å². The van der Waals surface area contributed by atoms with Gasteiger partial charge in [0.2, 0.25) is 0 Å². The lowest BCUT2D eigenvalue weighted by Crippen LogP contribution is -2.27. The number of rotatable bonds is 5. The predicted molar refractivity (Wildman–Crippen MR) is 60.5 cm³/mol. The van der Waals surface area contributed by atoms with Crippen LogP contribution >= 0.6 is 0 Å². The van der Waals surface area contributed by atoms with E-state index in [9.17, 15) is 0 Å². The molecule has 1 aromatic carbocycles. The van der Waals surface area contributed by atoms with Gasteiger partial charge in [-0.05, 0) is 31.4 Å². The van der Waals surface area contributed by atoms with Crippen LogP contribution in [-0.4, -0.2) is 13.1 Å². The van der Waals surface area contributed by atoms with Crippen LogP contribution in [0.1, 0.15) is 31.7 Å². The largest absolute Gasteiger partial charge is 0.316 e. The van der Waals surface area contributed by atoms with Crippen LogP contribution in [0.25, 0.3) is 0 Å². The van der Waals surface area contributed by atoms with Crippen molar-refractivity contribution in [3.63, 3.8) is 0 Å². The summed E-state index contributed by atoms with van der Waals surface area (Å²) in [4.78, 5) is 0. The molecule has 0 radical (unpaired) electrons. The summed E-state index contributed by atoms with van der Waals surface area (Å²) >= 11 is 0. The maximum Gasteiger partial charge on any atom is 0.00784 e. The highest BCUT2D eigenvalue weighted by Gasteiger charge is 2.43. The summed E-state index contributed by atoms with van der Waals surface area (Å²) in [7, 11) is 0. The van der Waals surface area contributed by atoms with E-state index in [-0.39, 0.29) is 0 Å². The Labute approximate surface area is 86.5 Å². The third kappa shape index (κ3) is 1.98. The van der Waals surface area contributed by atoms with E-state index in [1.54, 1.807) is 0 Å². The zero-order valence-electron chi connectivity index (χ0n) is 8.92. The highest BCUT2D eigenvalue weighted by Crippen LogP contribution is 2.47. The Morgan fingerprint density at radius 3 is 2.50 bits per heavy atom. The summed E-state index contributed by atoms with van der Waals surface area (Å²) in [6.45, 7) is 4.52. The average molecular weight is 189 g/mol. The molecule has 76 valence electrons.